The Hall–Kier alpha value is -0.220. The third-order valence-corrected chi connectivity index (χ3v) is 4.17. The number of rotatable bonds is 5. The largest absolute Gasteiger partial charge is 0.348 e. The van der Waals surface area contributed by atoms with E-state index in [4.69, 9.17) is 0 Å². The van der Waals surface area contributed by atoms with Gasteiger partial charge in [-0.1, -0.05) is 13.3 Å². The first-order valence-electron chi connectivity index (χ1n) is 5.70. The van der Waals surface area contributed by atoms with E-state index < -0.39 is 0 Å². The van der Waals surface area contributed by atoms with Crippen LogP contribution in [0.4, 0.5) is 0 Å². The zero-order chi connectivity index (χ0) is 11.3. The van der Waals surface area contributed by atoms with Gasteiger partial charge in [-0.3, -0.25) is 4.79 Å². The van der Waals surface area contributed by atoms with Gasteiger partial charge >= 0.3 is 0 Å². The fraction of sp³-hybridized carbons (Fsp3) is 0.909. The molecular formula is C11H22N2OS. The number of carbonyl (C=O) groups is 1. The predicted molar refractivity (Wildman–Crippen MR) is 66.3 cm³/mol. The molecule has 0 saturated heterocycles. The van der Waals surface area contributed by atoms with Crippen molar-refractivity contribution in [1.82, 2.24) is 10.2 Å². The van der Waals surface area contributed by atoms with Gasteiger partial charge in [0.25, 0.3) is 0 Å². The highest BCUT2D eigenvalue weighted by Crippen LogP contribution is 2.29. The highest BCUT2D eigenvalue weighted by molar-refractivity contribution is 7.99. The van der Waals surface area contributed by atoms with Crippen molar-refractivity contribution in [2.75, 3.05) is 26.4 Å². The lowest BCUT2D eigenvalue weighted by Gasteiger charge is -2.21. The number of thioether (sulfide) groups is 1. The Balaban J connectivity index is 2.28. The van der Waals surface area contributed by atoms with E-state index in [9.17, 15) is 4.79 Å². The van der Waals surface area contributed by atoms with Crippen molar-refractivity contribution < 1.29 is 4.79 Å². The summed E-state index contributed by atoms with van der Waals surface area (Å²) >= 11 is 2.02. The summed E-state index contributed by atoms with van der Waals surface area (Å²) in [4.78, 5) is 13.1. The molecule has 0 aromatic heterocycles. The van der Waals surface area contributed by atoms with Gasteiger partial charge in [-0.15, -0.1) is 0 Å². The molecule has 2 atom stereocenters. The predicted octanol–water partition coefficient (Wildman–Crippen LogP) is 1.34. The summed E-state index contributed by atoms with van der Waals surface area (Å²) in [5.41, 5.74) is 0. The number of nitrogens with zero attached hydrogens (tertiary/aromatic N) is 1. The summed E-state index contributed by atoms with van der Waals surface area (Å²) in [6, 6.07) is 0.541. The van der Waals surface area contributed by atoms with Crippen LogP contribution in [0.2, 0.25) is 0 Å². The minimum absolute atomic E-state index is 0.169. The van der Waals surface area contributed by atoms with E-state index in [2.05, 4.69) is 12.2 Å². The van der Waals surface area contributed by atoms with Gasteiger partial charge in [0.1, 0.15) is 0 Å². The van der Waals surface area contributed by atoms with Gasteiger partial charge in [0.05, 0.1) is 6.54 Å². The molecule has 1 aliphatic rings. The van der Waals surface area contributed by atoms with Crippen LogP contribution in [0.15, 0.2) is 0 Å². The molecule has 0 aliphatic heterocycles. The van der Waals surface area contributed by atoms with Gasteiger partial charge in [-0.2, -0.15) is 11.8 Å². The van der Waals surface area contributed by atoms with Crippen LogP contribution >= 0.6 is 11.8 Å². The third-order valence-electron chi connectivity index (χ3n) is 2.85. The first-order chi connectivity index (χ1) is 7.15. The maximum Gasteiger partial charge on any atom is 0.236 e. The molecule has 0 spiro atoms. The Labute approximate surface area is 97.0 Å². The number of hydrogen-bond acceptors (Lipinski definition) is 3. The molecule has 0 aromatic carbocycles. The van der Waals surface area contributed by atoms with Crippen LogP contribution in [-0.2, 0) is 4.79 Å². The van der Waals surface area contributed by atoms with Gasteiger partial charge in [0.2, 0.25) is 5.91 Å². The number of likely N-dealkylation sites (N-methyl/N-ethyl adjacent to an activating group) is 1. The molecule has 2 unspecified atom stereocenters. The molecule has 1 fully saturated rings. The molecule has 4 heteroatoms. The lowest BCUT2D eigenvalue weighted by atomic mass is 10.2. The van der Waals surface area contributed by atoms with Crippen LogP contribution in [0.3, 0.4) is 0 Å². The molecule has 1 saturated carbocycles. The van der Waals surface area contributed by atoms with Crippen molar-refractivity contribution >= 4 is 17.7 Å². The summed E-state index contributed by atoms with van der Waals surface area (Å²) < 4.78 is 0. The second kappa shape index (κ2) is 6.38. The van der Waals surface area contributed by atoms with Gasteiger partial charge in [0, 0.05) is 25.4 Å². The first kappa shape index (κ1) is 12.8. The lowest BCUT2D eigenvalue weighted by molar-refractivity contribution is -0.127. The normalized spacial score (nSPS) is 25.5. The minimum atomic E-state index is 0.169. The Morgan fingerprint density at radius 2 is 2.20 bits per heavy atom. The van der Waals surface area contributed by atoms with Crippen LogP contribution in [0.25, 0.3) is 0 Å². The zero-order valence-corrected chi connectivity index (χ0v) is 10.8. The fourth-order valence-electron chi connectivity index (χ4n) is 1.95. The number of carbonyl (C=O) groups excluding carboxylic acids is 1. The molecule has 88 valence electrons. The zero-order valence-electron chi connectivity index (χ0n) is 9.95. The second-order valence-corrected chi connectivity index (χ2v) is 5.72. The minimum Gasteiger partial charge on any atom is -0.348 e. The van der Waals surface area contributed by atoms with Crippen LogP contribution in [0.5, 0.6) is 0 Å². The molecule has 0 heterocycles. The van der Waals surface area contributed by atoms with Crippen molar-refractivity contribution in [2.24, 2.45) is 0 Å². The van der Waals surface area contributed by atoms with E-state index in [1.165, 1.54) is 25.0 Å². The van der Waals surface area contributed by atoms with Crippen LogP contribution in [0, 0.1) is 0 Å². The van der Waals surface area contributed by atoms with E-state index in [1.54, 1.807) is 19.0 Å². The number of amides is 1. The van der Waals surface area contributed by atoms with Crippen LogP contribution in [-0.4, -0.2) is 48.5 Å². The van der Waals surface area contributed by atoms with E-state index >= 15 is 0 Å². The summed E-state index contributed by atoms with van der Waals surface area (Å²) in [6.07, 6.45) is 3.82. The van der Waals surface area contributed by atoms with E-state index in [0.717, 1.165) is 0 Å². The van der Waals surface area contributed by atoms with Crippen molar-refractivity contribution in [2.45, 2.75) is 37.5 Å². The summed E-state index contributed by atoms with van der Waals surface area (Å²) in [6.45, 7) is 2.68. The number of nitrogens with one attached hydrogen (secondary N) is 1. The van der Waals surface area contributed by atoms with Gasteiger partial charge in [-0.25, -0.2) is 0 Å². The maximum absolute atomic E-state index is 11.4. The molecule has 15 heavy (non-hydrogen) atoms. The standard InChI is InChI=1S/C11H22N2OS/c1-4-15-10-7-5-6-9(10)12-8-11(14)13(2)3/h9-10,12H,4-8H2,1-3H3. The number of hydrogen-bond donors (Lipinski definition) is 1. The molecule has 0 bridgehead atoms. The fourth-order valence-corrected chi connectivity index (χ4v) is 3.18. The van der Waals surface area contributed by atoms with Gasteiger partial charge in [-0.05, 0) is 18.6 Å². The van der Waals surface area contributed by atoms with Gasteiger partial charge < -0.3 is 10.2 Å². The smallest absolute Gasteiger partial charge is 0.236 e. The quantitative estimate of drug-likeness (QED) is 0.773. The van der Waals surface area contributed by atoms with E-state index in [-0.39, 0.29) is 5.91 Å². The Morgan fingerprint density at radius 1 is 1.47 bits per heavy atom. The topological polar surface area (TPSA) is 32.3 Å². The molecule has 3 nitrogen and oxygen atoms in total. The van der Waals surface area contributed by atoms with Crippen molar-refractivity contribution in [1.29, 1.82) is 0 Å². The Bertz CT molecular complexity index is 209. The van der Waals surface area contributed by atoms with Crippen molar-refractivity contribution in [3.8, 4) is 0 Å². The maximum atomic E-state index is 11.4. The third kappa shape index (κ3) is 4.03. The highest BCUT2D eigenvalue weighted by Gasteiger charge is 2.27. The van der Waals surface area contributed by atoms with Crippen molar-refractivity contribution in [3.05, 3.63) is 0 Å². The molecule has 1 rings (SSSR count). The Morgan fingerprint density at radius 3 is 2.80 bits per heavy atom. The SMILES string of the molecule is CCSC1CCCC1NCC(=O)N(C)C. The average molecular weight is 230 g/mol. The second-order valence-electron chi connectivity index (χ2n) is 4.20. The van der Waals surface area contributed by atoms with E-state index in [0.29, 0.717) is 17.8 Å². The first-order valence-corrected chi connectivity index (χ1v) is 6.75. The molecule has 0 radical (unpaired) electrons. The van der Waals surface area contributed by atoms with Crippen LogP contribution in [0.1, 0.15) is 26.2 Å². The van der Waals surface area contributed by atoms with Gasteiger partial charge in [0.15, 0.2) is 0 Å². The Kier molecular flexibility index (Phi) is 5.47. The summed E-state index contributed by atoms with van der Waals surface area (Å²) in [5, 5.41) is 4.10. The lowest BCUT2D eigenvalue weighted by Crippen LogP contribution is -2.41. The monoisotopic (exact) mass is 230 g/mol. The molecule has 1 amide bonds. The van der Waals surface area contributed by atoms with E-state index in [1.807, 2.05) is 11.8 Å². The highest BCUT2D eigenvalue weighted by atomic mass is 32.2. The molecular weight excluding hydrogens is 208 g/mol. The molecule has 1 N–H and O–H groups in total. The average Bonchev–Trinajstić information content (AvgIpc) is 2.62. The molecule has 1 aliphatic carbocycles. The molecule has 0 aromatic rings. The summed E-state index contributed by atoms with van der Waals surface area (Å²) in [7, 11) is 3.61. The van der Waals surface area contributed by atoms with Crippen molar-refractivity contribution in [3.63, 3.8) is 0 Å². The van der Waals surface area contributed by atoms with Crippen LogP contribution < -0.4 is 5.32 Å². The summed E-state index contributed by atoms with van der Waals surface area (Å²) in [5.74, 6) is 1.34.